The summed E-state index contributed by atoms with van der Waals surface area (Å²) in [5, 5.41) is 13.2. The molecule has 3 rings (SSSR count). The van der Waals surface area contributed by atoms with E-state index in [1.165, 1.54) is 30.3 Å². The second-order valence-electron chi connectivity index (χ2n) is 5.08. The molecule has 10 heteroatoms. The van der Waals surface area contributed by atoms with Gasteiger partial charge in [0, 0.05) is 11.6 Å². The van der Waals surface area contributed by atoms with Crippen molar-refractivity contribution in [3.63, 3.8) is 0 Å². The van der Waals surface area contributed by atoms with E-state index < -0.39 is 20.1 Å². The van der Waals surface area contributed by atoms with Crippen LogP contribution in [0.2, 0.25) is 0 Å². The Kier molecular flexibility index (Phi) is 3.98. The minimum atomic E-state index is -4.52. The van der Waals surface area contributed by atoms with Gasteiger partial charge in [-0.25, -0.2) is 8.42 Å². The van der Waals surface area contributed by atoms with Crippen LogP contribution in [0.1, 0.15) is 5.69 Å². The molecular formula is C15H11N3O5S2. The maximum atomic E-state index is 12.6. The highest BCUT2D eigenvalue weighted by atomic mass is 32.2. The smallest absolute Gasteiger partial charge is 0.364 e. The van der Waals surface area contributed by atoms with E-state index in [9.17, 15) is 16.8 Å². The molecule has 1 heterocycles. The number of aromatic nitrogens is 2. The summed E-state index contributed by atoms with van der Waals surface area (Å²) in [4.78, 5) is -0.268. The standard InChI is InChI=1S/C15H11N3O5S2/c1-24(19,20)15-9-5-4-8-14(15)23-25(21,22)18-13-7-3-2-6-11(13)12(10-16)17-18/h2-9H,1H3. The van der Waals surface area contributed by atoms with Gasteiger partial charge in [0.15, 0.2) is 21.3 Å². The summed E-state index contributed by atoms with van der Waals surface area (Å²) in [7, 11) is -8.22. The van der Waals surface area contributed by atoms with Gasteiger partial charge < -0.3 is 4.18 Å². The molecule has 0 saturated heterocycles. The zero-order chi connectivity index (χ0) is 18.2. The molecule has 0 radical (unpaired) electrons. The number of para-hydroxylation sites is 2. The second-order valence-corrected chi connectivity index (χ2v) is 8.43. The predicted molar refractivity (Wildman–Crippen MR) is 88.9 cm³/mol. The van der Waals surface area contributed by atoms with E-state index in [1.54, 1.807) is 18.2 Å². The van der Waals surface area contributed by atoms with E-state index in [-0.39, 0.29) is 21.9 Å². The Balaban J connectivity index is 2.16. The number of sulfone groups is 1. The number of benzene rings is 2. The average Bonchev–Trinajstić information content (AvgIpc) is 2.94. The van der Waals surface area contributed by atoms with E-state index in [2.05, 4.69) is 5.10 Å². The Morgan fingerprint density at radius 3 is 2.36 bits per heavy atom. The number of rotatable bonds is 4. The quantitative estimate of drug-likeness (QED) is 0.675. The van der Waals surface area contributed by atoms with Crippen molar-refractivity contribution >= 4 is 31.0 Å². The van der Waals surface area contributed by atoms with Crippen LogP contribution in [-0.4, -0.2) is 32.3 Å². The molecule has 0 aliphatic heterocycles. The lowest BCUT2D eigenvalue weighted by molar-refractivity contribution is 0.464. The van der Waals surface area contributed by atoms with E-state index in [0.717, 1.165) is 6.26 Å². The van der Waals surface area contributed by atoms with Crippen molar-refractivity contribution in [2.24, 2.45) is 0 Å². The van der Waals surface area contributed by atoms with E-state index in [4.69, 9.17) is 9.44 Å². The summed E-state index contributed by atoms with van der Waals surface area (Å²) in [6.07, 6.45) is 0.943. The molecule has 0 amide bonds. The molecule has 8 nitrogen and oxygen atoms in total. The van der Waals surface area contributed by atoms with Gasteiger partial charge in [0.25, 0.3) is 0 Å². The minimum Gasteiger partial charge on any atom is -0.364 e. The molecule has 0 saturated carbocycles. The van der Waals surface area contributed by atoms with Crippen LogP contribution in [-0.2, 0) is 20.1 Å². The fraction of sp³-hybridized carbons (Fsp3) is 0.0667. The van der Waals surface area contributed by atoms with Gasteiger partial charge in [-0.2, -0.15) is 13.7 Å². The Hall–Kier alpha value is -2.90. The number of nitriles is 1. The number of hydrogen-bond acceptors (Lipinski definition) is 7. The Morgan fingerprint density at radius 2 is 1.68 bits per heavy atom. The third-order valence-electron chi connectivity index (χ3n) is 3.32. The molecule has 25 heavy (non-hydrogen) atoms. The Labute approximate surface area is 144 Å². The highest BCUT2D eigenvalue weighted by Crippen LogP contribution is 2.26. The highest BCUT2D eigenvalue weighted by Gasteiger charge is 2.25. The lowest BCUT2D eigenvalue weighted by atomic mass is 10.2. The molecule has 2 aromatic carbocycles. The summed E-state index contributed by atoms with van der Waals surface area (Å²) >= 11 is 0. The highest BCUT2D eigenvalue weighted by molar-refractivity contribution is 7.91. The van der Waals surface area contributed by atoms with Gasteiger partial charge in [0.05, 0.1) is 5.52 Å². The van der Waals surface area contributed by atoms with Crippen molar-refractivity contribution in [2.75, 3.05) is 6.26 Å². The van der Waals surface area contributed by atoms with Crippen LogP contribution in [0, 0.1) is 11.3 Å². The van der Waals surface area contributed by atoms with Gasteiger partial charge >= 0.3 is 10.3 Å². The summed E-state index contributed by atoms with van der Waals surface area (Å²) in [5.74, 6) is -0.344. The number of hydrogen-bond donors (Lipinski definition) is 0. The van der Waals surface area contributed by atoms with Crippen LogP contribution < -0.4 is 4.18 Å². The van der Waals surface area contributed by atoms with Crippen LogP contribution in [0.3, 0.4) is 0 Å². The monoisotopic (exact) mass is 377 g/mol. The van der Waals surface area contributed by atoms with Crippen molar-refractivity contribution in [1.29, 1.82) is 5.26 Å². The van der Waals surface area contributed by atoms with Gasteiger partial charge in [-0.05, 0) is 24.3 Å². The maximum Gasteiger partial charge on any atom is 0.429 e. The summed E-state index contributed by atoms with van der Waals surface area (Å²) in [6, 6.07) is 13.4. The zero-order valence-corrected chi connectivity index (χ0v) is 14.5. The van der Waals surface area contributed by atoms with Crippen LogP contribution in [0.5, 0.6) is 5.75 Å². The normalized spacial score (nSPS) is 12.0. The van der Waals surface area contributed by atoms with Gasteiger partial charge in [-0.1, -0.05) is 24.3 Å². The molecule has 3 aromatic rings. The Morgan fingerprint density at radius 1 is 1.04 bits per heavy atom. The minimum absolute atomic E-state index is 0.0841. The van der Waals surface area contributed by atoms with Crippen molar-refractivity contribution in [3.8, 4) is 11.8 Å². The van der Waals surface area contributed by atoms with Crippen molar-refractivity contribution < 1.29 is 21.0 Å². The predicted octanol–water partition coefficient (Wildman–Crippen LogP) is 1.48. The lowest BCUT2D eigenvalue weighted by Crippen LogP contribution is -2.21. The lowest BCUT2D eigenvalue weighted by Gasteiger charge is -2.10. The fourth-order valence-corrected chi connectivity index (χ4v) is 4.14. The molecule has 0 aliphatic rings. The molecule has 128 valence electrons. The largest absolute Gasteiger partial charge is 0.429 e. The third kappa shape index (κ3) is 3.07. The molecule has 0 bridgehead atoms. The average molecular weight is 377 g/mol. The first kappa shape index (κ1) is 16.9. The molecule has 0 atom stereocenters. The Bertz CT molecular complexity index is 1220. The maximum absolute atomic E-state index is 12.6. The fourth-order valence-electron chi connectivity index (χ4n) is 2.27. The summed E-state index contributed by atoms with van der Waals surface area (Å²) < 4.78 is 54.4. The van der Waals surface area contributed by atoms with E-state index in [1.807, 2.05) is 6.07 Å². The van der Waals surface area contributed by atoms with Crippen molar-refractivity contribution in [1.82, 2.24) is 9.19 Å². The number of nitrogens with zero attached hydrogens (tertiary/aromatic N) is 3. The molecule has 1 aromatic heterocycles. The SMILES string of the molecule is CS(=O)(=O)c1ccccc1OS(=O)(=O)n1nc(C#N)c2ccccc21. The van der Waals surface area contributed by atoms with Crippen molar-refractivity contribution in [2.45, 2.75) is 4.90 Å². The van der Waals surface area contributed by atoms with Gasteiger partial charge in [0.2, 0.25) is 0 Å². The molecule has 0 unspecified atom stereocenters. The molecule has 0 aliphatic carbocycles. The van der Waals surface area contributed by atoms with E-state index in [0.29, 0.717) is 9.47 Å². The van der Waals surface area contributed by atoms with Crippen molar-refractivity contribution in [3.05, 3.63) is 54.2 Å². The summed E-state index contributed by atoms with van der Waals surface area (Å²) in [5.41, 5.74) is 0.0649. The first-order valence-electron chi connectivity index (χ1n) is 6.86. The zero-order valence-electron chi connectivity index (χ0n) is 12.8. The first-order chi connectivity index (χ1) is 11.7. The molecule has 0 N–H and O–H groups in total. The molecular weight excluding hydrogens is 366 g/mol. The first-order valence-corrected chi connectivity index (χ1v) is 10.1. The van der Waals surface area contributed by atoms with Crippen LogP contribution in [0.4, 0.5) is 0 Å². The third-order valence-corrected chi connectivity index (χ3v) is 5.55. The number of fused-ring (bicyclic) bond motifs is 1. The van der Waals surface area contributed by atoms with Crippen LogP contribution >= 0.6 is 0 Å². The van der Waals surface area contributed by atoms with Gasteiger partial charge in [0.1, 0.15) is 11.0 Å². The topological polar surface area (TPSA) is 119 Å². The van der Waals surface area contributed by atoms with Gasteiger partial charge in [-0.15, -0.1) is 9.19 Å². The van der Waals surface area contributed by atoms with Crippen LogP contribution in [0.15, 0.2) is 53.4 Å². The second kappa shape index (κ2) is 5.87. The van der Waals surface area contributed by atoms with E-state index >= 15 is 0 Å². The molecule has 0 fully saturated rings. The molecule has 0 spiro atoms. The van der Waals surface area contributed by atoms with Crippen LogP contribution in [0.25, 0.3) is 10.9 Å². The summed E-state index contributed by atoms with van der Waals surface area (Å²) in [6.45, 7) is 0. The van der Waals surface area contributed by atoms with Gasteiger partial charge in [-0.3, -0.25) is 0 Å².